The Bertz CT molecular complexity index is 157. The number of hydrogen-bond donors (Lipinski definition) is 1. The molecule has 1 aliphatic carbocycles. The zero-order valence-electron chi connectivity index (χ0n) is 8.01. The molecule has 0 amide bonds. The highest BCUT2D eigenvalue weighted by atomic mass is 32.2. The maximum Gasteiger partial charge on any atom is 0.0357 e. The predicted molar refractivity (Wildman–Crippen MR) is 53.7 cm³/mol. The van der Waals surface area contributed by atoms with E-state index in [-0.39, 0.29) is 0 Å². The van der Waals surface area contributed by atoms with Crippen LogP contribution in [-0.2, 0) is 10.8 Å². The maximum atomic E-state index is 10.8. The van der Waals surface area contributed by atoms with Crippen LogP contribution in [0.15, 0.2) is 0 Å². The molecule has 2 nitrogen and oxygen atoms in total. The molecule has 1 fully saturated rings. The van der Waals surface area contributed by atoms with Gasteiger partial charge in [-0.2, -0.15) is 0 Å². The van der Waals surface area contributed by atoms with E-state index in [4.69, 9.17) is 0 Å². The Morgan fingerprint density at radius 3 is 2.67 bits per heavy atom. The van der Waals surface area contributed by atoms with Gasteiger partial charge in [-0.25, -0.2) is 0 Å². The summed E-state index contributed by atoms with van der Waals surface area (Å²) in [6, 6.07) is 0.688. The van der Waals surface area contributed by atoms with E-state index in [0.717, 1.165) is 18.2 Å². The first-order valence-corrected chi connectivity index (χ1v) is 6.50. The first-order valence-electron chi connectivity index (χ1n) is 4.77. The van der Waals surface area contributed by atoms with Crippen molar-refractivity contribution in [1.29, 1.82) is 0 Å². The van der Waals surface area contributed by atoms with Crippen LogP contribution < -0.4 is 5.32 Å². The second kappa shape index (κ2) is 4.97. The van der Waals surface area contributed by atoms with Gasteiger partial charge in [0, 0.05) is 35.4 Å². The fraction of sp³-hybridized carbons (Fsp3) is 1.00. The van der Waals surface area contributed by atoms with Gasteiger partial charge in [0.2, 0.25) is 0 Å². The molecule has 0 aromatic rings. The third-order valence-corrected chi connectivity index (χ3v) is 3.21. The van der Waals surface area contributed by atoms with E-state index in [1.54, 1.807) is 6.26 Å². The molecule has 0 aliphatic heterocycles. The standard InChI is InChI=1S/C9H19NOS/c1-3-9(8-4-5-8)10-6-7-12(2)11/h8-10H,3-7H2,1-2H3. The Labute approximate surface area is 77.6 Å². The Morgan fingerprint density at radius 2 is 2.25 bits per heavy atom. The molecular formula is C9H19NOS. The molecule has 1 aliphatic rings. The van der Waals surface area contributed by atoms with E-state index in [1.807, 2.05) is 0 Å². The van der Waals surface area contributed by atoms with Gasteiger partial charge in [-0.15, -0.1) is 0 Å². The van der Waals surface area contributed by atoms with Crippen molar-refractivity contribution in [3.63, 3.8) is 0 Å². The molecule has 0 saturated heterocycles. The first kappa shape index (κ1) is 10.2. The molecule has 12 heavy (non-hydrogen) atoms. The van der Waals surface area contributed by atoms with Crippen LogP contribution in [-0.4, -0.2) is 28.8 Å². The van der Waals surface area contributed by atoms with E-state index < -0.39 is 10.8 Å². The summed E-state index contributed by atoms with van der Waals surface area (Å²) in [6.45, 7) is 3.14. The summed E-state index contributed by atoms with van der Waals surface area (Å²) < 4.78 is 10.8. The SMILES string of the molecule is CCC(NCCS(C)=O)C1CC1. The summed E-state index contributed by atoms with van der Waals surface area (Å²) >= 11 is 0. The molecular weight excluding hydrogens is 170 g/mol. The first-order chi connectivity index (χ1) is 5.74. The number of rotatable bonds is 6. The number of nitrogens with one attached hydrogen (secondary N) is 1. The molecule has 2 atom stereocenters. The largest absolute Gasteiger partial charge is 0.313 e. The van der Waals surface area contributed by atoms with Crippen molar-refractivity contribution in [2.45, 2.75) is 32.2 Å². The summed E-state index contributed by atoms with van der Waals surface area (Å²) in [5.41, 5.74) is 0. The maximum absolute atomic E-state index is 10.8. The second-order valence-corrected chi connectivity index (χ2v) is 5.14. The van der Waals surface area contributed by atoms with Crippen molar-refractivity contribution in [3.05, 3.63) is 0 Å². The highest BCUT2D eigenvalue weighted by Crippen LogP contribution is 2.33. The van der Waals surface area contributed by atoms with Gasteiger partial charge >= 0.3 is 0 Å². The third-order valence-electron chi connectivity index (χ3n) is 2.43. The smallest absolute Gasteiger partial charge is 0.0357 e. The second-order valence-electron chi connectivity index (χ2n) is 3.58. The lowest BCUT2D eigenvalue weighted by Crippen LogP contribution is -2.33. The quantitative estimate of drug-likeness (QED) is 0.679. The Kier molecular flexibility index (Phi) is 4.22. The molecule has 3 heteroatoms. The molecule has 0 aromatic heterocycles. The summed E-state index contributed by atoms with van der Waals surface area (Å²) in [5.74, 6) is 1.71. The summed E-state index contributed by atoms with van der Waals surface area (Å²) in [6.07, 6.45) is 5.75. The van der Waals surface area contributed by atoms with Crippen LogP contribution in [0.1, 0.15) is 26.2 Å². The van der Waals surface area contributed by atoms with Crippen molar-refractivity contribution in [2.75, 3.05) is 18.6 Å². The molecule has 0 aromatic carbocycles. The van der Waals surface area contributed by atoms with Gasteiger partial charge in [-0.3, -0.25) is 4.21 Å². The van der Waals surface area contributed by atoms with Crippen LogP contribution in [0.4, 0.5) is 0 Å². The van der Waals surface area contributed by atoms with E-state index in [1.165, 1.54) is 19.3 Å². The zero-order valence-corrected chi connectivity index (χ0v) is 8.82. The predicted octanol–water partition coefficient (Wildman–Crippen LogP) is 1.14. The molecule has 1 rings (SSSR count). The van der Waals surface area contributed by atoms with E-state index in [9.17, 15) is 4.21 Å². The molecule has 2 unspecified atom stereocenters. The molecule has 0 radical (unpaired) electrons. The van der Waals surface area contributed by atoms with Gasteiger partial charge in [0.25, 0.3) is 0 Å². The Balaban J connectivity index is 2.06. The van der Waals surface area contributed by atoms with Gasteiger partial charge in [0.15, 0.2) is 0 Å². The fourth-order valence-corrected chi connectivity index (χ4v) is 1.94. The van der Waals surface area contributed by atoms with Crippen molar-refractivity contribution in [1.82, 2.24) is 5.32 Å². The van der Waals surface area contributed by atoms with Gasteiger partial charge < -0.3 is 5.32 Å². The highest BCUT2D eigenvalue weighted by Gasteiger charge is 2.29. The Morgan fingerprint density at radius 1 is 1.58 bits per heavy atom. The van der Waals surface area contributed by atoms with Crippen molar-refractivity contribution in [2.24, 2.45) is 5.92 Å². The fourth-order valence-electron chi connectivity index (χ4n) is 1.53. The van der Waals surface area contributed by atoms with E-state index in [0.29, 0.717) is 6.04 Å². The molecule has 0 bridgehead atoms. The van der Waals surface area contributed by atoms with Gasteiger partial charge in [-0.1, -0.05) is 6.92 Å². The highest BCUT2D eigenvalue weighted by molar-refractivity contribution is 7.84. The number of hydrogen-bond acceptors (Lipinski definition) is 2. The molecule has 72 valence electrons. The average Bonchev–Trinajstić information content (AvgIpc) is 2.80. The van der Waals surface area contributed by atoms with Crippen LogP contribution in [0.3, 0.4) is 0 Å². The lowest BCUT2D eigenvalue weighted by molar-refractivity contribution is 0.463. The van der Waals surface area contributed by atoms with Gasteiger partial charge in [0.1, 0.15) is 0 Å². The summed E-state index contributed by atoms with van der Waals surface area (Å²) in [4.78, 5) is 0. The third kappa shape index (κ3) is 3.68. The minimum atomic E-state index is -0.639. The van der Waals surface area contributed by atoms with E-state index in [2.05, 4.69) is 12.2 Å². The molecule has 0 heterocycles. The van der Waals surface area contributed by atoms with E-state index >= 15 is 0 Å². The Hall–Kier alpha value is 0.110. The monoisotopic (exact) mass is 189 g/mol. The van der Waals surface area contributed by atoms with Crippen molar-refractivity contribution in [3.8, 4) is 0 Å². The molecule has 1 N–H and O–H groups in total. The van der Waals surface area contributed by atoms with Crippen LogP contribution in [0.2, 0.25) is 0 Å². The van der Waals surface area contributed by atoms with Crippen molar-refractivity contribution < 1.29 is 4.21 Å². The average molecular weight is 189 g/mol. The van der Waals surface area contributed by atoms with Crippen LogP contribution in [0.25, 0.3) is 0 Å². The van der Waals surface area contributed by atoms with Gasteiger partial charge in [0.05, 0.1) is 0 Å². The minimum absolute atomic E-state index is 0.639. The topological polar surface area (TPSA) is 29.1 Å². The van der Waals surface area contributed by atoms with Crippen LogP contribution in [0, 0.1) is 5.92 Å². The van der Waals surface area contributed by atoms with Gasteiger partial charge in [-0.05, 0) is 25.2 Å². The lowest BCUT2D eigenvalue weighted by Gasteiger charge is -2.15. The van der Waals surface area contributed by atoms with Crippen LogP contribution >= 0.6 is 0 Å². The summed E-state index contributed by atoms with van der Waals surface area (Å²) in [7, 11) is -0.639. The zero-order chi connectivity index (χ0) is 8.97. The normalized spacial score (nSPS) is 22.2. The molecule has 0 spiro atoms. The lowest BCUT2D eigenvalue weighted by atomic mass is 10.1. The minimum Gasteiger partial charge on any atom is -0.313 e. The van der Waals surface area contributed by atoms with Crippen molar-refractivity contribution >= 4 is 10.8 Å². The molecule has 1 saturated carbocycles. The summed E-state index contributed by atoms with van der Waals surface area (Å²) in [5, 5.41) is 3.47. The van der Waals surface area contributed by atoms with Crippen LogP contribution in [0.5, 0.6) is 0 Å².